The number of benzene rings is 2. The van der Waals surface area contributed by atoms with Crippen molar-refractivity contribution in [2.75, 3.05) is 40.3 Å². The van der Waals surface area contributed by atoms with Gasteiger partial charge in [0.25, 0.3) is 0 Å². The van der Waals surface area contributed by atoms with E-state index in [2.05, 4.69) is 15.6 Å². The van der Waals surface area contributed by atoms with Gasteiger partial charge in [0.15, 0.2) is 0 Å². The normalized spacial score (nSPS) is 13.4. The summed E-state index contributed by atoms with van der Waals surface area (Å²) in [4.78, 5) is 30.4. The summed E-state index contributed by atoms with van der Waals surface area (Å²) in [5.41, 5.74) is 1.93. The topological polar surface area (TPSA) is 111 Å². The Labute approximate surface area is 198 Å². The molecule has 0 fully saturated rings. The van der Waals surface area contributed by atoms with Gasteiger partial charge in [-0.25, -0.2) is 8.42 Å². The van der Waals surface area contributed by atoms with Crippen LogP contribution in [0.4, 0.5) is 0 Å². The number of hydrogen-bond acceptors (Lipinski definition) is 6. The standard InChI is InChI=1S/C22H26ClN5O4S/c1-27(14-16-7-9-17(10-8-16)22-24-11-12-25-22)21(30)13-26-20(29)15-28(2)33(31,32)19-6-4-3-5-18(19)23/h3-10H,11-15H2,1-2H3,(H,24,25)(H,26,29). The number of halogens is 1. The number of carbonyl (C=O) groups excluding carboxylic acids is 2. The molecule has 1 aliphatic rings. The number of rotatable bonds is 9. The number of carbonyl (C=O) groups is 2. The molecule has 3 rings (SSSR count). The first kappa shape index (κ1) is 24.7. The largest absolute Gasteiger partial charge is 0.368 e. The third-order valence-corrected chi connectivity index (χ3v) is 7.38. The highest BCUT2D eigenvalue weighted by Crippen LogP contribution is 2.23. The first-order chi connectivity index (χ1) is 15.7. The summed E-state index contributed by atoms with van der Waals surface area (Å²) < 4.78 is 26.1. The number of hydrogen-bond donors (Lipinski definition) is 2. The second-order valence-corrected chi connectivity index (χ2v) is 9.99. The molecule has 0 bridgehead atoms. The first-order valence-electron chi connectivity index (χ1n) is 10.3. The van der Waals surface area contributed by atoms with Gasteiger partial charge in [0.2, 0.25) is 21.8 Å². The van der Waals surface area contributed by atoms with Crippen LogP contribution in [0.3, 0.4) is 0 Å². The van der Waals surface area contributed by atoms with Gasteiger partial charge in [0, 0.05) is 32.7 Å². The molecule has 0 radical (unpaired) electrons. The van der Waals surface area contributed by atoms with E-state index in [-0.39, 0.29) is 22.4 Å². The maximum Gasteiger partial charge on any atom is 0.244 e. The molecule has 2 aromatic carbocycles. The van der Waals surface area contributed by atoms with Crippen LogP contribution in [-0.4, -0.2) is 75.5 Å². The number of nitrogens with one attached hydrogen (secondary N) is 2. The summed E-state index contributed by atoms with van der Waals surface area (Å²) >= 11 is 5.97. The Balaban J connectivity index is 1.48. The van der Waals surface area contributed by atoms with E-state index in [4.69, 9.17) is 11.6 Å². The Bertz CT molecular complexity index is 1150. The molecule has 0 saturated carbocycles. The van der Waals surface area contributed by atoms with E-state index < -0.39 is 22.5 Å². The molecule has 2 aromatic rings. The number of amides is 2. The summed E-state index contributed by atoms with van der Waals surface area (Å²) in [5, 5.41) is 5.75. The molecule has 176 valence electrons. The Kier molecular flexibility index (Phi) is 8.06. The zero-order chi connectivity index (χ0) is 24.0. The maximum absolute atomic E-state index is 12.6. The van der Waals surface area contributed by atoms with Crippen LogP contribution in [0.15, 0.2) is 58.4 Å². The monoisotopic (exact) mass is 491 g/mol. The number of aliphatic imine (C=N–C) groups is 1. The van der Waals surface area contributed by atoms with E-state index in [1.165, 1.54) is 24.1 Å². The maximum atomic E-state index is 12.6. The Morgan fingerprint density at radius 2 is 1.82 bits per heavy atom. The predicted octanol–water partition coefficient (Wildman–Crippen LogP) is 1.09. The number of nitrogens with zero attached hydrogens (tertiary/aromatic N) is 3. The van der Waals surface area contributed by atoms with Crippen molar-refractivity contribution in [2.45, 2.75) is 11.4 Å². The second kappa shape index (κ2) is 10.8. The highest BCUT2D eigenvalue weighted by molar-refractivity contribution is 7.89. The molecule has 11 heteroatoms. The van der Waals surface area contributed by atoms with Gasteiger partial charge >= 0.3 is 0 Å². The van der Waals surface area contributed by atoms with Crippen LogP contribution in [0.1, 0.15) is 11.1 Å². The van der Waals surface area contributed by atoms with Gasteiger partial charge < -0.3 is 15.5 Å². The summed E-state index contributed by atoms with van der Waals surface area (Å²) in [6, 6.07) is 13.7. The van der Waals surface area contributed by atoms with E-state index >= 15 is 0 Å². The fourth-order valence-electron chi connectivity index (χ4n) is 3.20. The molecule has 2 amide bonds. The van der Waals surface area contributed by atoms with Crippen molar-refractivity contribution in [1.82, 2.24) is 19.8 Å². The third-order valence-electron chi connectivity index (χ3n) is 5.07. The van der Waals surface area contributed by atoms with Gasteiger partial charge in [-0.2, -0.15) is 4.31 Å². The summed E-state index contributed by atoms with van der Waals surface area (Å²) in [5.74, 6) is -0.0230. The molecule has 0 aliphatic carbocycles. The molecular weight excluding hydrogens is 466 g/mol. The van der Waals surface area contributed by atoms with Crippen molar-refractivity contribution in [3.63, 3.8) is 0 Å². The SMILES string of the molecule is CN(Cc1ccc(C2=NCCN2)cc1)C(=O)CNC(=O)CN(C)S(=O)(=O)c1ccccc1Cl. The predicted molar refractivity (Wildman–Crippen MR) is 127 cm³/mol. The van der Waals surface area contributed by atoms with Crippen molar-refractivity contribution >= 4 is 39.3 Å². The van der Waals surface area contributed by atoms with E-state index in [1.807, 2.05) is 24.3 Å². The van der Waals surface area contributed by atoms with Crippen molar-refractivity contribution < 1.29 is 18.0 Å². The van der Waals surface area contributed by atoms with Crippen LogP contribution >= 0.6 is 11.6 Å². The highest BCUT2D eigenvalue weighted by atomic mass is 35.5. The van der Waals surface area contributed by atoms with E-state index in [1.54, 1.807) is 19.2 Å². The minimum atomic E-state index is -3.94. The average Bonchev–Trinajstić information content (AvgIpc) is 3.33. The molecular formula is C22H26ClN5O4S. The summed E-state index contributed by atoms with van der Waals surface area (Å²) in [7, 11) is -1.02. The van der Waals surface area contributed by atoms with Crippen LogP contribution in [0.2, 0.25) is 5.02 Å². The smallest absolute Gasteiger partial charge is 0.244 e. The quantitative estimate of drug-likeness (QED) is 0.545. The van der Waals surface area contributed by atoms with Crippen LogP contribution in [-0.2, 0) is 26.2 Å². The molecule has 1 aliphatic heterocycles. The molecule has 1 heterocycles. The van der Waals surface area contributed by atoms with E-state index in [9.17, 15) is 18.0 Å². The fraction of sp³-hybridized carbons (Fsp3) is 0.318. The highest BCUT2D eigenvalue weighted by Gasteiger charge is 2.25. The molecule has 0 spiro atoms. The minimum Gasteiger partial charge on any atom is -0.368 e. The lowest BCUT2D eigenvalue weighted by atomic mass is 10.1. The molecule has 0 aromatic heterocycles. The van der Waals surface area contributed by atoms with Crippen LogP contribution in [0.25, 0.3) is 0 Å². The van der Waals surface area contributed by atoms with E-state index in [0.717, 1.165) is 34.4 Å². The number of sulfonamides is 1. The van der Waals surface area contributed by atoms with Crippen LogP contribution in [0, 0.1) is 0 Å². The second-order valence-electron chi connectivity index (χ2n) is 7.57. The first-order valence-corrected chi connectivity index (χ1v) is 12.1. The van der Waals surface area contributed by atoms with Crippen molar-refractivity contribution in [3.05, 3.63) is 64.7 Å². The van der Waals surface area contributed by atoms with Crippen molar-refractivity contribution in [2.24, 2.45) is 4.99 Å². The Morgan fingerprint density at radius 1 is 1.12 bits per heavy atom. The molecule has 0 atom stereocenters. The zero-order valence-corrected chi connectivity index (χ0v) is 20.0. The van der Waals surface area contributed by atoms with Crippen molar-refractivity contribution in [1.29, 1.82) is 0 Å². The van der Waals surface area contributed by atoms with Gasteiger partial charge in [-0.1, -0.05) is 48.0 Å². The minimum absolute atomic E-state index is 0.0714. The van der Waals surface area contributed by atoms with Crippen LogP contribution < -0.4 is 10.6 Å². The van der Waals surface area contributed by atoms with Crippen molar-refractivity contribution in [3.8, 4) is 0 Å². The molecule has 2 N–H and O–H groups in total. The fourth-order valence-corrected chi connectivity index (χ4v) is 4.81. The number of likely N-dealkylation sites (N-methyl/N-ethyl adjacent to an activating group) is 2. The lowest BCUT2D eigenvalue weighted by molar-refractivity contribution is -0.132. The summed E-state index contributed by atoms with van der Waals surface area (Å²) in [6.07, 6.45) is 0. The molecule has 33 heavy (non-hydrogen) atoms. The van der Waals surface area contributed by atoms with Gasteiger partial charge in [-0.05, 0) is 17.7 Å². The van der Waals surface area contributed by atoms with Gasteiger partial charge in [-0.3, -0.25) is 14.6 Å². The molecule has 9 nitrogen and oxygen atoms in total. The molecule has 0 saturated heterocycles. The lowest BCUT2D eigenvalue weighted by Crippen LogP contribution is -2.43. The van der Waals surface area contributed by atoms with E-state index in [0.29, 0.717) is 6.54 Å². The lowest BCUT2D eigenvalue weighted by Gasteiger charge is -2.19. The van der Waals surface area contributed by atoms with Gasteiger partial charge in [0.05, 0.1) is 24.7 Å². The third kappa shape index (κ3) is 6.31. The van der Waals surface area contributed by atoms with Gasteiger partial charge in [-0.15, -0.1) is 0 Å². The molecule has 0 unspecified atom stereocenters. The van der Waals surface area contributed by atoms with Gasteiger partial charge in [0.1, 0.15) is 10.7 Å². The Hall–Kier alpha value is -2.95. The summed E-state index contributed by atoms with van der Waals surface area (Å²) in [6.45, 7) is 1.29. The zero-order valence-electron chi connectivity index (χ0n) is 18.4. The van der Waals surface area contributed by atoms with Crippen LogP contribution in [0.5, 0.6) is 0 Å². The number of amidine groups is 1. The average molecular weight is 492 g/mol. The Morgan fingerprint density at radius 3 is 2.45 bits per heavy atom.